The lowest BCUT2D eigenvalue weighted by atomic mass is 10.1. The van der Waals surface area contributed by atoms with Crippen LogP contribution >= 0.6 is 11.3 Å². The Kier molecular flexibility index (Phi) is 4.86. The Morgan fingerprint density at radius 2 is 2.00 bits per heavy atom. The zero-order chi connectivity index (χ0) is 19.5. The zero-order valence-corrected chi connectivity index (χ0v) is 16.1. The second kappa shape index (κ2) is 7.61. The van der Waals surface area contributed by atoms with E-state index >= 15 is 0 Å². The molecule has 2 heterocycles. The first-order valence-electron chi connectivity index (χ1n) is 8.51. The Hall–Kier alpha value is -3.52. The van der Waals surface area contributed by atoms with Crippen LogP contribution in [0.2, 0.25) is 0 Å². The minimum absolute atomic E-state index is 0.235. The minimum Gasteiger partial charge on any atom is -0.496 e. The second-order valence-corrected chi connectivity index (χ2v) is 6.84. The van der Waals surface area contributed by atoms with Crippen LogP contribution in [0, 0.1) is 6.92 Å². The third-order valence-corrected chi connectivity index (χ3v) is 4.75. The first-order chi connectivity index (χ1) is 13.6. The van der Waals surface area contributed by atoms with E-state index in [1.165, 1.54) is 11.3 Å². The molecule has 0 aliphatic heterocycles. The van der Waals surface area contributed by atoms with E-state index in [-0.39, 0.29) is 5.91 Å². The summed E-state index contributed by atoms with van der Waals surface area (Å²) >= 11 is 1.38. The molecule has 7 nitrogen and oxygen atoms in total. The number of H-pyrrole nitrogens is 1. The smallest absolute Gasteiger partial charge is 0.275 e. The van der Waals surface area contributed by atoms with Crippen LogP contribution in [0.4, 0.5) is 5.69 Å². The maximum Gasteiger partial charge on any atom is 0.275 e. The molecule has 1 amide bonds. The van der Waals surface area contributed by atoms with Crippen molar-refractivity contribution in [1.82, 2.24) is 20.2 Å². The standard InChI is InChI=1S/C20H17N5O2S/c1-12-3-8-17(27-2)15(9-12)19-23-18(24-25-19)13-4-6-14(7-5-13)22-20(26)16-10-28-11-21-16/h3-11H,1-2H3,(H,22,26)(H,23,24,25). The van der Waals surface area contributed by atoms with E-state index in [4.69, 9.17) is 4.74 Å². The zero-order valence-electron chi connectivity index (χ0n) is 15.3. The Morgan fingerprint density at radius 3 is 2.71 bits per heavy atom. The fourth-order valence-corrected chi connectivity index (χ4v) is 3.27. The molecule has 0 saturated carbocycles. The van der Waals surface area contributed by atoms with Gasteiger partial charge in [0, 0.05) is 16.6 Å². The predicted molar refractivity (Wildman–Crippen MR) is 109 cm³/mol. The summed E-state index contributed by atoms with van der Waals surface area (Å²) in [7, 11) is 1.63. The summed E-state index contributed by atoms with van der Waals surface area (Å²) in [6.45, 7) is 2.01. The molecule has 0 atom stereocenters. The summed E-state index contributed by atoms with van der Waals surface area (Å²) in [6.07, 6.45) is 0. The van der Waals surface area contributed by atoms with Crippen LogP contribution in [0.1, 0.15) is 16.1 Å². The molecule has 2 aromatic carbocycles. The summed E-state index contributed by atoms with van der Waals surface area (Å²) in [5.74, 6) is 1.70. The molecule has 2 aromatic heterocycles. The van der Waals surface area contributed by atoms with Gasteiger partial charge in [-0.2, -0.15) is 5.10 Å². The highest BCUT2D eigenvalue weighted by atomic mass is 32.1. The lowest BCUT2D eigenvalue weighted by molar-refractivity contribution is 0.102. The molecule has 0 aliphatic carbocycles. The fraction of sp³-hybridized carbons (Fsp3) is 0.100. The van der Waals surface area contributed by atoms with Crippen LogP contribution < -0.4 is 10.1 Å². The van der Waals surface area contributed by atoms with Gasteiger partial charge >= 0.3 is 0 Å². The first-order valence-corrected chi connectivity index (χ1v) is 9.46. The van der Waals surface area contributed by atoms with Crippen molar-refractivity contribution in [3.05, 3.63) is 64.6 Å². The van der Waals surface area contributed by atoms with Gasteiger partial charge in [-0.15, -0.1) is 11.3 Å². The van der Waals surface area contributed by atoms with Gasteiger partial charge in [0.2, 0.25) is 0 Å². The molecule has 0 aliphatic rings. The normalized spacial score (nSPS) is 10.6. The number of benzene rings is 2. The maximum atomic E-state index is 12.1. The minimum atomic E-state index is -0.235. The van der Waals surface area contributed by atoms with Crippen LogP contribution in [-0.2, 0) is 0 Å². The molecule has 0 saturated heterocycles. The topological polar surface area (TPSA) is 92.8 Å². The number of carbonyl (C=O) groups is 1. The molecular weight excluding hydrogens is 374 g/mol. The highest BCUT2D eigenvalue weighted by Crippen LogP contribution is 2.29. The van der Waals surface area contributed by atoms with Crippen molar-refractivity contribution in [3.63, 3.8) is 0 Å². The number of rotatable bonds is 5. The lowest BCUT2D eigenvalue weighted by Gasteiger charge is -2.06. The van der Waals surface area contributed by atoms with Gasteiger partial charge in [-0.1, -0.05) is 11.6 Å². The van der Waals surface area contributed by atoms with Gasteiger partial charge in [0.05, 0.1) is 18.2 Å². The summed E-state index contributed by atoms with van der Waals surface area (Å²) < 4.78 is 5.42. The van der Waals surface area contributed by atoms with Gasteiger partial charge in [-0.05, 0) is 43.3 Å². The average molecular weight is 391 g/mol. The SMILES string of the molecule is COc1ccc(C)cc1-c1nc(-c2ccc(NC(=O)c3cscn3)cc2)n[nH]1. The second-order valence-electron chi connectivity index (χ2n) is 6.12. The van der Waals surface area contributed by atoms with Crippen LogP contribution in [0.5, 0.6) is 5.75 Å². The molecule has 0 radical (unpaired) electrons. The summed E-state index contributed by atoms with van der Waals surface area (Å²) in [6, 6.07) is 13.2. The van der Waals surface area contributed by atoms with E-state index < -0.39 is 0 Å². The van der Waals surface area contributed by atoms with Gasteiger partial charge in [0.25, 0.3) is 5.91 Å². The molecule has 140 valence electrons. The van der Waals surface area contributed by atoms with Crippen molar-refractivity contribution in [2.45, 2.75) is 6.92 Å². The Balaban J connectivity index is 1.54. The number of aryl methyl sites for hydroxylation is 1. The molecule has 0 bridgehead atoms. The van der Waals surface area contributed by atoms with E-state index in [1.54, 1.807) is 18.0 Å². The number of anilines is 1. The number of hydrogen-bond donors (Lipinski definition) is 2. The molecule has 28 heavy (non-hydrogen) atoms. The van der Waals surface area contributed by atoms with Crippen molar-refractivity contribution in [2.75, 3.05) is 12.4 Å². The number of aromatic amines is 1. The molecular formula is C20H17N5O2S. The molecule has 4 aromatic rings. The molecule has 2 N–H and O–H groups in total. The fourth-order valence-electron chi connectivity index (χ4n) is 2.74. The van der Waals surface area contributed by atoms with Gasteiger partial charge in [0.1, 0.15) is 11.4 Å². The van der Waals surface area contributed by atoms with E-state index in [9.17, 15) is 4.79 Å². The molecule has 0 spiro atoms. The predicted octanol–water partition coefficient (Wildman–Crippen LogP) is 4.16. The molecule has 0 unspecified atom stereocenters. The van der Waals surface area contributed by atoms with Crippen LogP contribution in [0.3, 0.4) is 0 Å². The largest absolute Gasteiger partial charge is 0.496 e. The Bertz CT molecular complexity index is 1100. The summed E-state index contributed by atoms with van der Waals surface area (Å²) in [5, 5.41) is 11.8. The van der Waals surface area contributed by atoms with Gasteiger partial charge in [-0.25, -0.2) is 9.97 Å². The third-order valence-electron chi connectivity index (χ3n) is 4.16. The number of thiazole rings is 1. The number of hydrogen-bond acceptors (Lipinski definition) is 6. The average Bonchev–Trinajstić information content (AvgIpc) is 3.41. The monoisotopic (exact) mass is 391 g/mol. The van der Waals surface area contributed by atoms with Crippen molar-refractivity contribution in [2.24, 2.45) is 0 Å². The molecule has 8 heteroatoms. The lowest BCUT2D eigenvalue weighted by Crippen LogP contribution is -2.11. The number of methoxy groups -OCH3 is 1. The van der Waals surface area contributed by atoms with E-state index in [2.05, 4.69) is 25.5 Å². The van der Waals surface area contributed by atoms with Gasteiger partial charge in [-0.3, -0.25) is 9.89 Å². The first kappa shape index (κ1) is 17.9. The van der Waals surface area contributed by atoms with Crippen LogP contribution in [-0.4, -0.2) is 33.2 Å². The Labute approximate surface area is 165 Å². The van der Waals surface area contributed by atoms with Crippen molar-refractivity contribution in [1.29, 1.82) is 0 Å². The molecule has 0 fully saturated rings. The van der Waals surface area contributed by atoms with Crippen molar-refractivity contribution >= 4 is 22.9 Å². The number of nitrogens with one attached hydrogen (secondary N) is 2. The summed E-state index contributed by atoms with van der Waals surface area (Å²) in [5.41, 5.74) is 5.50. The highest BCUT2D eigenvalue weighted by Gasteiger charge is 2.13. The molecule has 4 rings (SSSR count). The number of amides is 1. The van der Waals surface area contributed by atoms with E-state index in [0.717, 1.165) is 22.4 Å². The highest BCUT2D eigenvalue weighted by molar-refractivity contribution is 7.07. The number of nitrogens with zero attached hydrogens (tertiary/aromatic N) is 3. The van der Waals surface area contributed by atoms with Crippen molar-refractivity contribution < 1.29 is 9.53 Å². The van der Waals surface area contributed by atoms with Gasteiger partial charge in [0.15, 0.2) is 11.6 Å². The Morgan fingerprint density at radius 1 is 1.18 bits per heavy atom. The number of carbonyl (C=O) groups excluding carboxylic acids is 1. The maximum absolute atomic E-state index is 12.1. The van der Waals surface area contributed by atoms with Crippen molar-refractivity contribution in [3.8, 4) is 28.5 Å². The van der Waals surface area contributed by atoms with Crippen LogP contribution in [0.25, 0.3) is 22.8 Å². The quantitative estimate of drug-likeness (QED) is 0.533. The number of aromatic nitrogens is 4. The van der Waals surface area contributed by atoms with Crippen LogP contribution in [0.15, 0.2) is 53.4 Å². The number of ether oxygens (including phenoxy) is 1. The summed E-state index contributed by atoms with van der Waals surface area (Å²) in [4.78, 5) is 20.7. The van der Waals surface area contributed by atoms with E-state index in [1.807, 2.05) is 49.4 Å². The van der Waals surface area contributed by atoms with Gasteiger partial charge < -0.3 is 10.1 Å². The van der Waals surface area contributed by atoms with E-state index in [0.29, 0.717) is 23.0 Å². The third kappa shape index (κ3) is 3.63.